The van der Waals surface area contributed by atoms with Gasteiger partial charge in [-0.05, 0) is 25.0 Å². The summed E-state index contributed by atoms with van der Waals surface area (Å²) in [7, 11) is 0. The van der Waals surface area contributed by atoms with Gasteiger partial charge in [-0.25, -0.2) is 0 Å². The van der Waals surface area contributed by atoms with E-state index < -0.39 is 0 Å². The third-order valence-electron chi connectivity index (χ3n) is 2.68. The molecule has 1 aromatic rings. The van der Waals surface area contributed by atoms with E-state index >= 15 is 0 Å². The Kier molecular flexibility index (Phi) is 3.49. The second-order valence-corrected chi connectivity index (χ2v) is 4.16. The van der Waals surface area contributed by atoms with Crippen LogP contribution < -0.4 is 10.6 Å². The highest BCUT2D eigenvalue weighted by atomic mass is 16.3. The van der Waals surface area contributed by atoms with E-state index in [2.05, 4.69) is 10.6 Å². The molecule has 0 heterocycles. The van der Waals surface area contributed by atoms with Gasteiger partial charge in [0.2, 0.25) is 0 Å². The molecule has 17 heavy (non-hydrogen) atoms. The summed E-state index contributed by atoms with van der Waals surface area (Å²) in [6, 6.07) is 4.94. The van der Waals surface area contributed by atoms with E-state index in [0.717, 1.165) is 6.54 Å². The van der Waals surface area contributed by atoms with Gasteiger partial charge < -0.3 is 20.8 Å². The first kappa shape index (κ1) is 11.7. The fourth-order valence-corrected chi connectivity index (χ4v) is 1.55. The molecular weight excluding hydrogens is 220 g/mol. The van der Waals surface area contributed by atoms with Gasteiger partial charge in [0.1, 0.15) is 0 Å². The molecule has 0 saturated heterocycles. The van der Waals surface area contributed by atoms with Crippen LogP contribution in [-0.4, -0.2) is 35.3 Å². The van der Waals surface area contributed by atoms with Gasteiger partial charge >= 0.3 is 0 Å². The van der Waals surface area contributed by atoms with Crippen molar-refractivity contribution in [1.82, 2.24) is 10.6 Å². The molecule has 1 aliphatic rings. The summed E-state index contributed by atoms with van der Waals surface area (Å²) in [6.45, 7) is 1.22. The smallest absolute Gasteiger partial charge is 0.255 e. The lowest BCUT2D eigenvalue weighted by Crippen LogP contribution is -2.32. The average Bonchev–Trinajstić information content (AvgIpc) is 3.12. The number of phenolic OH excluding ortho intramolecular Hbond substituents is 2. The number of nitrogens with one attached hydrogen (secondary N) is 2. The van der Waals surface area contributed by atoms with Crippen LogP contribution in [-0.2, 0) is 0 Å². The highest BCUT2D eigenvalue weighted by molar-refractivity contribution is 5.97. The Hall–Kier alpha value is -1.75. The number of rotatable bonds is 5. The van der Waals surface area contributed by atoms with E-state index in [0.29, 0.717) is 12.6 Å². The molecule has 0 radical (unpaired) electrons. The number of amides is 1. The van der Waals surface area contributed by atoms with Gasteiger partial charge in [0.15, 0.2) is 11.5 Å². The quantitative estimate of drug-likeness (QED) is 0.445. The molecule has 1 fully saturated rings. The van der Waals surface area contributed by atoms with Crippen LogP contribution in [0.4, 0.5) is 0 Å². The standard InChI is InChI=1S/C12H16N2O3/c15-10-3-1-2-9(11(10)16)12(17)14-7-6-13-8-4-5-8/h1-3,8,13,15-16H,4-7H2,(H,14,17). The number of hydrogen-bond acceptors (Lipinski definition) is 4. The van der Waals surface area contributed by atoms with Crippen molar-refractivity contribution in [3.8, 4) is 11.5 Å². The lowest BCUT2D eigenvalue weighted by molar-refractivity contribution is 0.0950. The normalized spacial score (nSPS) is 14.6. The molecule has 1 amide bonds. The predicted molar refractivity (Wildman–Crippen MR) is 63.1 cm³/mol. The van der Waals surface area contributed by atoms with E-state index in [1.807, 2.05) is 0 Å². The highest BCUT2D eigenvalue weighted by Crippen LogP contribution is 2.27. The number of carbonyl (C=O) groups is 1. The van der Waals surface area contributed by atoms with E-state index in [1.54, 1.807) is 0 Å². The molecule has 1 aliphatic carbocycles. The number of carbonyl (C=O) groups excluding carboxylic acids is 1. The summed E-state index contributed by atoms with van der Waals surface area (Å²) in [5, 5.41) is 24.7. The van der Waals surface area contributed by atoms with Gasteiger partial charge in [-0.15, -0.1) is 0 Å². The molecule has 2 rings (SSSR count). The van der Waals surface area contributed by atoms with Crippen molar-refractivity contribution in [3.63, 3.8) is 0 Å². The molecule has 0 bridgehead atoms. The molecule has 0 spiro atoms. The number of para-hydroxylation sites is 1. The zero-order valence-corrected chi connectivity index (χ0v) is 9.44. The minimum atomic E-state index is -0.379. The van der Waals surface area contributed by atoms with Crippen LogP contribution in [0, 0.1) is 0 Å². The van der Waals surface area contributed by atoms with Gasteiger partial charge in [-0.2, -0.15) is 0 Å². The summed E-state index contributed by atoms with van der Waals surface area (Å²) in [4.78, 5) is 11.7. The maximum absolute atomic E-state index is 11.7. The van der Waals surface area contributed by atoms with Gasteiger partial charge in [0.25, 0.3) is 5.91 Å². The fraction of sp³-hybridized carbons (Fsp3) is 0.417. The van der Waals surface area contributed by atoms with E-state index in [1.165, 1.54) is 31.0 Å². The summed E-state index contributed by atoms with van der Waals surface area (Å²) < 4.78 is 0. The topological polar surface area (TPSA) is 81.6 Å². The third kappa shape index (κ3) is 3.10. The number of aromatic hydroxyl groups is 2. The first-order valence-corrected chi connectivity index (χ1v) is 5.71. The Morgan fingerprint density at radius 3 is 2.76 bits per heavy atom. The average molecular weight is 236 g/mol. The van der Waals surface area contributed by atoms with Crippen molar-refractivity contribution >= 4 is 5.91 Å². The molecule has 5 nitrogen and oxygen atoms in total. The predicted octanol–water partition coefficient (Wildman–Crippen LogP) is 0.580. The van der Waals surface area contributed by atoms with E-state index in [4.69, 9.17) is 0 Å². The van der Waals surface area contributed by atoms with Crippen molar-refractivity contribution in [3.05, 3.63) is 23.8 Å². The second kappa shape index (κ2) is 5.05. The zero-order chi connectivity index (χ0) is 12.3. The minimum absolute atomic E-state index is 0.0939. The molecule has 0 unspecified atom stereocenters. The van der Waals surface area contributed by atoms with Crippen molar-refractivity contribution in [2.75, 3.05) is 13.1 Å². The van der Waals surface area contributed by atoms with Crippen LogP contribution >= 0.6 is 0 Å². The molecule has 1 aromatic carbocycles. The highest BCUT2D eigenvalue weighted by Gasteiger charge is 2.19. The van der Waals surface area contributed by atoms with Crippen LogP contribution in [0.5, 0.6) is 11.5 Å². The third-order valence-corrected chi connectivity index (χ3v) is 2.68. The molecule has 1 saturated carbocycles. The Bertz CT molecular complexity index is 416. The maximum Gasteiger partial charge on any atom is 0.255 e. The molecule has 0 atom stereocenters. The minimum Gasteiger partial charge on any atom is -0.504 e. The summed E-state index contributed by atoms with van der Waals surface area (Å²) in [6.07, 6.45) is 2.42. The number of hydrogen-bond donors (Lipinski definition) is 4. The largest absolute Gasteiger partial charge is 0.504 e. The Morgan fingerprint density at radius 1 is 1.29 bits per heavy atom. The van der Waals surface area contributed by atoms with E-state index in [-0.39, 0.29) is 23.0 Å². The summed E-state index contributed by atoms with van der Waals surface area (Å²) in [5.41, 5.74) is 0.0939. The molecular formula is C12H16N2O3. The van der Waals surface area contributed by atoms with Crippen molar-refractivity contribution in [2.45, 2.75) is 18.9 Å². The Morgan fingerprint density at radius 2 is 2.06 bits per heavy atom. The van der Waals surface area contributed by atoms with Gasteiger partial charge in [0, 0.05) is 19.1 Å². The van der Waals surface area contributed by atoms with Crippen LogP contribution in [0.15, 0.2) is 18.2 Å². The molecule has 92 valence electrons. The molecule has 0 aliphatic heterocycles. The van der Waals surface area contributed by atoms with Gasteiger partial charge in [-0.1, -0.05) is 6.07 Å². The zero-order valence-electron chi connectivity index (χ0n) is 9.44. The van der Waals surface area contributed by atoms with Crippen LogP contribution in [0.25, 0.3) is 0 Å². The second-order valence-electron chi connectivity index (χ2n) is 4.16. The number of phenols is 2. The van der Waals surface area contributed by atoms with E-state index in [9.17, 15) is 15.0 Å². The summed E-state index contributed by atoms with van der Waals surface area (Å²) in [5.74, 6) is -1.04. The fourth-order valence-electron chi connectivity index (χ4n) is 1.55. The number of benzene rings is 1. The van der Waals surface area contributed by atoms with Crippen molar-refractivity contribution in [1.29, 1.82) is 0 Å². The lowest BCUT2D eigenvalue weighted by atomic mass is 10.1. The SMILES string of the molecule is O=C(NCCNC1CC1)c1cccc(O)c1O. The maximum atomic E-state index is 11.7. The lowest BCUT2D eigenvalue weighted by Gasteiger charge is -2.08. The van der Waals surface area contributed by atoms with Gasteiger partial charge in [-0.3, -0.25) is 4.79 Å². The monoisotopic (exact) mass is 236 g/mol. The summed E-state index contributed by atoms with van der Waals surface area (Å²) >= 11 is 0. The van der Waals surface area contributed by atoms with Crippen LogP contribution in [0.3, 0.4) is 0 Å². The van der Waals surface area contributed by atoms with Gasteiger partial charge in [0.05, 0.1) is 5.56 Å². The van der Waals surface area contributed by atoms with Crippen LogP contribution in [0.2, 0.25) is 0 Å². The molecule has 5 heteroatoms. The van der Waals surface area contributed by atoms with Crippen LogP contribution in [0.1, 0.15) is 23.2 Å². The van der Waals surface area contributed by atoms with Crippen molar-refractivity contribution < 1.29 is 15.0 Å². The molecule has 4 N–H and O–H groups in total. The molecule has 0 aromatic heterocycles. The first-order chi connectivity index (χ1) is 8.18. The Balaban J connectivity index is 1.83. The first-order valence-electron chi connectivity index (χ1n) is 5.71. The van der Waals surface area contributed by atoms with Crippen molar-refractivity contribution in [2.24, 2.45) is 0 Å². The Labute approximate surface area is 99.5 Å².